The normalized spacial score (nSPS) is 9.50. The molecule has 0 atom stereocenters. The lowest BCUT2D eigenvalue weighted by molar-refractivity contribution is -0.114. The Kier molecular flexibility index (Phi) is 2.28. The Morgan fingerprint density at radius 1 is 1.58 bits per heavy atom. The predicted octanol–water partition coefficient (Wildman–Crippen LogP) is 1.49. The highest BCUT2D eigenvalue weighted by Gasteiger charge is 2.03. The van der Waals surface area contributed by atoms with Crippen molar-refractivity contribution in [1.82, 2.24) is 0 Å². The molecule has 0 aromatic heterocycles. The van der Waals surface area contributed by atoms with E-state index in [1.165, 1.54) is 19.1 Å². The Morgan fingerprint density at radius 2 is 2.25 bits per heavy atom. The van der Waals surface area contributed by atoms with Gasteiger partial charge in [-0.3, -0.25) is 4.79 Å². The number of phenols is 1. The molecule has 0 fully saturated rings. The molecule has 2 N–H and O–H groups in total. The first-order chi connectivity index (χ1) is 5.59. The van der Waals surface area contributed by atoms with Gasteiger partial charge in [-0.25, -0.2) is 4.39 Å². The lowest BCUT2D eigenvalue weighted by Crippen LogP contribution is -2.07. The molecule has 0 saturated heterocycles. The molecule has 1 aromatic carbocycles. The number of benzene rings is 1. The van der Waals surface area contributed by atoms with Crippen molar-refractivity contribution >= 4 is 11.6 Å². The van der Waals surface area contributed by atoms with Crippen LogP contribution >= 0.6 is 0 Å². The fourth-order valence-corrected chi connectivity index (χ4v) is 0.795. The minimum atomic E-state index is -0.648. The van der Waals surface area contributed by atoms with E-state index in [0.29, 0.717) is 0 Å². The fourth-order valence-electron chi connectivity index (χ4n) is 0.795. The Bertz CT molecular complexity index is 312. The van der Waals surface area contributed by atoms with Crippen LogP contribution in [0, 0.1) is 5.82 Å². The van der Waals surface area contributed by atoms with Crippen molar-refractivity contribution in [2.24, 2.45) is 0 Å². The van der Waals surface area contributed by atoms with Gasteiger partial charge in [0.05, 0.1) is 5.69 Å². The smallest absolute Gasteiger partial charge is 0.221 e. The zero-order valence-corrected chi connectivity index (χ0v) is 6.47. The summed E-state index contributed by atoms with van der Waals surface area (Å²) in [4.78, 5) is 10.5. The van der Waals surface area contributed by atoms with E-state index >= 15 is 0 Å². The summed E-state index contributed by atoms with van der Waals surface area (Å²) in [6.07, 6.45) is 0. The first kappa shape index (κ1) is 8.52. The van der Waals surface area contributed by atoms with E-state index in [1.807, 2.05) is 0 Å². The third-order valence-electron chi connectivity index (χ3n) is 1.26. The summed E-state index contributed by atoms with van der Waals surface area (Å²) in [7, 11) is 0. The molecule has 0 aliphatic carbocycles. The van der Waals surface area contributed by atoms with Crippen molar-refractivity contribution < 1.29 is 14.3 Å². The molecule has 0 bridgehead atoms. The van der Waals surface area contributed by atoms with Gasteiger partial charge in [-0.05, 0) is 12.1 Å². The number of carbonyl (C=O) groups is 1. The summed E-state index contributed by atoms with van der Waals surface area (Å²) in [5.41, 5.74) is 0.0697. The van der Waals surface area contributed by atoms with Crippen LogP contribution in [0.15, 0.2) is 18.2 Å². The van der Waals surface area contributed by atoms with Crippen molar-refractivity contribution in [2.45, 2.75) is 6.92 Å². The third-order valence-corrected chi connectivity index (χ3v) is 1.26. The first-order valence-corrected chi connectivity index (χ1v) is 3.35. The topological polar surface area (TPSA) is 49.3 Å². The van der Waals surface area contributed by atoms with Crippen LogP contribution in [-0.2, 0) is 4.79 Å². The van der Waals surface area contributed by atoms with E-state index in [4.69, 9.17) is 5.11 Å². The summed E-state index contributed by atoms with van der Waals surface area (Å²) in [5.74, 6) is -1.16. The molecular weight excluding hydrogens is 161 g/mol. The van der Waals surface area contributed by atoms with Crippen molar-refractivity contribution in [1.29, 1.82) is 0 Å². The van der Waals surface area contributed by atoms with Crippen LogP contribution in [0.2, 0.25) is 0 Å². The van der Waals surface area contributed by atoms with Gasteiger partial charge in [0.1, 0.15) is 11.6 Å². The largest absolute Gasteiger partial charge is 0.508 e. The molecule has 1 aromatic rings. The monoisotopic (exact) mass is 169 g/mol. The Balaban J connectivity index is 2.93. The van der Waals surface area contributed by atoms with Gasteiger partial charge in [0.15, 0.2) is 0 Å². The van der Waals surface area contributed by atoms with Gasteiger partial charge >= 0.3 is 0 Å². The minimum absolute atomic E-state index is 0.0697. The SMILES string of the molecule is CC(=O)Nc1ccc(O)cc1F. The van der Waals surface area contributed by atoms with Crippen LogP contribution in [0.25, 0.3) is 0 Å². The number of hydrogen-bond acceptors (Lipinski definition) is 2. The lowest BCUT2D eigenvalue weighted by atomic mass is 10.3. The van der Waals surface area contributed by atoms with E-state index in [2.05, 4.69) is 5.32 Å². The number of aromatic hydroxyl groups is 1. The van der Waals surface area contributed by atoms with Gasteiger partial charge in [-0.1, -0.05) is 0 Å². The standard InChI is InChI=1S/C8H8FNO2/c1-5(11)10-8-3-2-6(12)4-7(8)9/h2-4,12H,1H3,(H,10,11). The van der Waals surface area contributed by atoms with Gasteiger partial charge in [0.2, 0.25) is 5.91 Å². The highest BCUT2D eigenvalue weighted by molar-refractivity contribution is 5.88. The van der Waals surface area contributed by atoms with E-state index in [1.54, 1.807) is 0 Å². The molecule has 1 amide bonds. The number of hydrogen-bond donors (Lipinski definition) is 2. The van der Waals surface area contributed by atoms with E-state index < -0.39 is 5.82 Å². The van der Waals surface area contributed by atoms with Crippen molar-refractivity contribution in [2.75, 3.05) is 5.32 Å². The second-order valence-electron chi connectivity index (χ2n) is 2.35. The van der Waals surface area contributed by atoms with Gasteiger partial charge in [0.25, 0.3) is 0 Å². The van der Waals surface area contributed by atoms with Gasteiger partial charge in [-0.2, -0.15) is 0 Å². The summed E-state index contributed by atoms with van der Waals surface area (Å²) in [6, 6.07) is 3.53. The Morgan fingerprint density at radius 3 is 2.75 bits per heavy atom. The Labute approximate surface area is 68.8 Å². The second kappa shape index (κ2) is 3.21. The van der Waals surface area contributed by atoms with Crippen LogP contribution in [0.4, 0.5) is 10.1 Å². The zero-order chi connectivity index (χ0) is 9.14. The average molecular weight is 169 g/mol. The molecule has 0 saturated carbocycles. The van der Waals surface area contributed by atoms with Crippen LogP contribution in [0.5, 0.6) is 5.75 Å². The molecule has 3 nitrogen and oxygen atoms in total. The van der Waals surface area contributed by atoms with Crippen molar-refractivity contribution in [3.8, 4) is 5.75 Å². The molecule has 0 aliphatic heterocycles. The number of phenolic OH excluding ortho intramolecular Hbond substituents is 1. The van der Waals surface area contributed by atoms with E-state index in [0.717, 1.165) is 6.07 Å². The molecular formula is C8H8FNO2. The van der Waals surface area contributed by atoms with Crippen LogP contribution in [-0.4, -0.2) is 11.0 Å². The number of nitrogens with one attached hydrogen (secondary N) is 1. The lowest BCUT2D eigenvalue weighted by Gasteiger charge is -2.02. The van der Waals surface area contributed by atoms with E-state index in [-0.39, 0.29) is 17.3 Å². The number of rotatable bonds is 1. The van der Waals surface area contributed by atoms with Crippen LogP contribution in [0.1, 0.15) is 6.92 Å². The van der Waals surface area contributed by atoms with Gasteiger partial charge < -0.3 is 10.4 Å². The fraction of sp³-hybridized carbons (Fsp3) is 0.125. The maximum atomic E-state index is 12.8. The molecule has 0 heterocycles. The molecule has 0 unspecified atom stereocenters. The molecule has 0 aliphatic rings. The number of halogens is 1. The summed E-state index contributed by atoms with van der Waals surface area (Å²) in [6.45, 7) is 1.28. The maximum Gasteiger partial charge on any atom is 0.221 e. The summed E-state index contributed by atoms with van der Waals surface area (Å²) < 4.78 is 12.8. The van der Waals surface area contributed by atoms with Crippen molar-refractivity contribution in [3.63, 3.8) is 0 Å². The zero-order valence-electron chi connectivity index (χ0n) is 6.47. The number of anilines is 1. The molecule has 64 valence electrons. The van der Waals surface area contributed by atoms with Crippen LogP contribution < -0.4 is 5.32 Å². The second-order valence-corrected chi connectivity index (χ2v) is 2.35. The first-order valence-electron chi connectivity index (χ1n) is 3.35. The molecule has 4 heteroatoms. The summed E-state index contributed by atoms with van der Waals surface area (Å²) >= 11 is 0. The highest BCUT2D eigenvalue weighted by atomic mass is 19.1. The molecule has 12 heavy (non-hydrogen) atoms. The number of carbonyl (C=O) groups excluding carboxylic acids is 1. The van der Waals surface area contributed by atoms with Gasteiger partial charge in [-0.15, -0.1) is 0 Å². The van der Waals surface area contributed by atoms with Crippen molar-refractivity contribution in [3.05, 3.63) is 24.0 Å². The molecule has 0 radical (unpaired) electrons. The Hall–Kier alpha value is -1.58. The minimum Gasteiger partial charge on any atom is -0.508 e. The average Bonchev–Trinajstić information content (AvgIpc) is 1.94. The number of amides is 1. The maximum absolute atomic E-state index is 12.8. The highest BCUT2D eigenvalue weighted by Crippen LogP contribution is 2.18. The summed E-state index contributed by atoms with van der Waals surface area (Å²) in [5, 5.41) is 11.1. The van der Waals surface area contributed by atoms with Crippen LogP contribution in [0.3, 0.4) is 0 Å². The molecule has 0 spiro atoms. The quantitative estimate of drug-likeness (QED) is 0.626. The molecule has 1 rings (SSSR count). The van der Waals surface area contributed by atoms with E-state index in [9.17, 15) is 9.18 Å². The third kappa shape index (κ3) is 1.95. The van der Waals surface area contributed by atoms with Gasteiger partial charge in [0, 0.05) is 13.0 Å². The predicted molar refractivity (Wildman–Crippen MR) is 42.4 cm³/mol.